The summed E-state index contributed by atoms with van der Waals surface area (Å²) in [4.78, 5) is 26.8. The molecule has 1 heterocycles. The normalized spacial score (nSPS) is 24.7. The van der Waals surface area contributed by atoms with Crippen LogP contribution in [0.1, 0.15) is 44.1 Å². The number of carbonyl (C=O) groups excluding carboxylic acids is 2. The molecule has 2 aliphatic carbocycles. The lowest BCUT2D eigenvalue weighted by Crippen LogP contribution is -2.48. The predicted octanol–water partition coefficient (Wildman–Crippen LogP) is 2.89. The summed E-state index contributed by atoms with van der Waals surface area (Å²) in [5.41, 5.74) is 1.23. The zero-order valence-corrected chi connectivity index (χ0v) is 14.5. The van der Waals surface area contributed by atoms with Crippen molar-refractivity contribution >= 4 is 23.4 Å². The van der Waals surface area contributed by atoms with Gasteiger partial charge in [-0.3, -0.25) is 9.59 Å². The van der Waals surface area contributed by atoms with Crippen LogP contribution in [-0.4, -0.2) is 35.8 Å². The SMILES string of the molecule is O=C(NCC1(c2cccc(Cl)c2)CC1)[C@@H]1CCCN1C(=O)C1CC1. The number of rotatable bonds is 5. The second-order valence-electron chi connectivity index (χ2n) is 7.47. The van der Waals surface area contributed by atoms with Gasteiger partial charge >= 0.3 is 0 Å². The molecule has 2 amide bonds. The lowest BCUT2D eigenvalue weighted by molar-refractivity contribution is -0.139. The molecule has 1 aromatic rings. The molecular formula is C19H23ClN2O2. The van der Waals surface area contributed by atoms with E-state index in [0.29, 0.717) is 6.54 Å². The maximum absolute atomic E-state index is 12.6. The largest absolute Gasteiger partial charge is 0.353 e. The summed E-state index contributed by atoms with van der Waals surface area (Å²) in [6.07, 6.45) is 5.83. The number of nitrogens with zero attached hydrogens (tertiary/aromatic N) is 1. The summed E-state index contributed by atoms with van der Waals surface area (Å²) in [5, 5.41) is 3.85. The Morgan fingerprint density at radius 1 is 1.25 bits per heavy atom. The van der Waals surface area contributed by atoms with Crippen molar-refractivity contribution in [2.24, 2.45) is 5.92 Å². The number of benzene rings is 1. The molecular weight excluding hydrogens is 324 g/mol. The molecule has 24 heavy (non-hydrogen) atoms. The predicted molar refractivity (Wildman–Crippen MR) is 92.8 cm³/mol. The Morgan fingerprint density at radius 3 is 2.71 bits per heavy atom. The summed E-state index contributed by atoms with van der Waals surface area (Å²) in [6.45, 7) is 1.36. The van der Waals surface area contributed by atoms with Crippen LogP contribution in [0.3, 0.4) is 0 Å². The van der Waals surface area contributed by atoms with Crippen molar-refractivity contribution in [2.75, 3.05) is 13.1 Å². The summed E-state index contributed by atoms with van der Waals surface area (Å²) < 4.78 is 0. The molecule has 0 radical (unpaired) electrons. The van der Waals surface area contributed by atoms with Crippen molar-refractivity contribution in [3.63, 3.8) is 0 Å². The van der Waals surface area contributed by atoms with E-state index in [0.717, 1.165) is 50.1 Å². The summed E-state index contributed by atoms with van der Waals surface area (Å²) >= 11 is 6.10. The number of halogens is 1. The van der Waals surface area contributed by atoms with Gasteiger partial charge in [0, 0.05) is 29.4 Å². The van der Waals surface area contributed by atoms with Gasteiger partial charge < -0.3 is 10.2 Å². The zero-order valence-electron chi connectivity index (χ0n) is 13.8. The molecule has 0 unspecified atom stereocenters. The molecule has 1 aromatic carbocycles. The first-order chi connectivity index (χ1) is 11.6. The van der Waals surface area contributed by atoms with Crippen molar-refractivity contribution in [2.45, 2.75) is 50.0 Å². The maximum Gasteiger partial charge on any atom is 0.242 e. The van der Waals surface area contributed by atoms with Crippen molar-refractivity contribution < 1.29 is 9.59 Å². The van der Waals surface area contributed by atoms with E-state index in [2.05, 4.69) is 11.4 Å². The van der Waals surface area contributed by atoms with Crippen LogP contribution < -0.4 is 5.32 Å². The summed E-state index contributed by atoms with van der Waals surface area (Å²) in [5.74, 6) is 0.373. The second kappa shape index (κ2) is 6.07. The van der Waals surface area contributed by atoms with Gasteiger partial charge in [-0.15, -0.1) is 0 Å². The maximum atomic E-state index is 12.6. The fourth-order valence-electron chi connectivity index (χ4n) is 3.78. The van der Waals surface area contributed by atoms with Gasteiger partial charge in [0.15, 0.2) is 0 Å². The van der Waals surface area contributed by atoms with Crippen LogP contribution in [0.4, 0.5) is 0 Å². The highest BCUT2D eigenvalue weighted by atomic mass is 35.5. The number of carbonyl (C=O) groups is 2. The van der Waals surface area contributed by atoms with Crippen molar-refractivity contribution in [1.29, 1.82) is 0 Å². The second-order valence-corrected chi connectivity index (χ2v) is 7.91. The van der Waals surface area contributed by atoms with Gasteiger partial charge in [0.25, 0.3) is 0 Å². The number of amides is 2. The van der Waals surface area contributed by atoms with E-state index in [4.69, 9.17) is 11.6 Å². The van der Waals surface area contributed by atoms with Crippen LogP contribution in [0, 0.1) is 5.92 Å². The zero-order chi connectivity index (χ0) is 16.7. The fraction of sp³-hybridized carbons (Fsp3) is 0.579. The molecule has 1 N–H and O–H groups in total. The Kier molecular flexibility index (Phi) is 4.03. The summed E-state index contributed by atoms with van der Waals surface area (Å²) in [6, 6.07) is 7.66. The molecule has 128 valence electrons. The topological polar surface area (TPSA) is 49.4 Å². The molecule has 4 rings (SSSR count). The highest BCUT2D eigenvalue weighted by Gasteiger charge is 2.46. The molecule has 1 aliphatic heterocycles. The van der Waals surface area contributed by atoms with E-state index < -0.39 is 0 Å². The minimum atomic E-state index is -0.270. The fourth-order valence-corrected chi connectivity index (χ4v) is 3.97. The Morgan fingerprint density at radius 2 is 2.04 bits per heavy atom. The first kappa shape index (κ1) is 15.9. The minimum absolute atomic E-state index is 0.00908. The molecule has 3 aliphatic rings. The highest BCUT2D eigenvalue weighted by Crippen LogP contribution is 2.48. The van der Waals surface area contributed by atoms with Gasteiger partial charge in [0.05, 0.1) is 0 Å². The van der Waals surface area contributed by atoms with Crippen LogP contribution in [0.2, 0.25) is 5.02 Å². The molecule has 1 saturated heterocycles. The molecule has 0 bridgehead atoms. The molecule has 3 fully saturated rings. The van der Waals surface area contributed by atoms with Crippen molar-refractivity contribution in [1.82, 2.24) is 10.2 Å². The third-order valence-electron chi connectivity index (χ3n) is 5.66. The molecule has 2 saturated carbocycles. The van der Waals surface area contributed by atoms with Crippen molar-refractivity contribution in [3.05, 3.63) is 34.9 Å². The standard InChI is InChI=1S/C19H23ClN2O2/c20-15-4-1-3-14(11-15)19(8-9-19)12-21-17(23)16-5-2-10-22(16)18(24)13-6-7-13/h1,3-4,11,13,16H,2,5-10,12H2,(H,21,23)/t16-/m0/s1. The quantitative estimate of drug-likeness (QED) is 0.891. The third kappa shape index (κ3) is 3.04. The van der Waals surface area contributed by atoms with Crippen LogP contribution >= 0.6 is 11.6 Å². The highest BCUT2D eigenvalue weighted by molar-refractivity contribution is 6.30. The number of nitrogens with one attached hydrogen (secondary N) is 1. The third-order valence-corrected chi connectivity index (χ3v) is 5.89. The van der Waals surface area contributed by atoms with E-state index >= 15 is 0 Å². The van der Waals surface area contributed by atoms with Crippen LogP contribution in [0.25, 0.3) is 0 Å². The molecule has 0 aromatic heterocycles. The average Bonchev–Trinajstić information content (AvgIpc) is 3.50. The molecule has 4 nitrogen and oxygen atoms in total. The Labute approximate surface area is 147 Å². The Hall–Kier alpha value is -1.55. The van der Waals surface area contributed by atoms with E-state index in [1.807, 2.05) is 23.1 Å². The Bertz CT molecular complexity index is 667. The van der Waals surface area contributed by atoms with Gasteiger partial charge in [-0.25, -0.2) is 0 Å². The first-order valence-corrected chi connectivity index (χ1v) is 9.31. The van der Waals surface area contributed by atoms with E-state index in [1.54, 1.807) is 0 Å². The lowest BCUT2D eigenvalue weighted by Gasteiger charge is -2.25. The molecule has 1 atom stereocenters. The van der Waals surface area contributed by atoms with Gasteiger partial charge in [0.1, 0.15) is 6.04 Å². The van der Waals surface area contributed by atoms with Crippen LogP contribution in [0.15, 0.2) is 24.3 Å². The first-order valence-electron chi connectivity index (χ1n) is 8.93. The van der Waals surface area contributed by atoms with E-state index in [-0.39, 0.29) is 29.2 Å². The van der Waals surface area contributed by atoms with Crippen LogP contribution in [0.5, 0.6) is 0 Å². The molecule has 0 spiro atoms. The summed E-state index contributed by atoms with van der Waals surface area (Å²) in [7, 11) is 0. The number of hydrogen-bond acceptors (Lipinski definition) is 2. The monoisotopic (exact) mass is 346 g/mol. The number of likely N-dealkylation sites (tertiary alicyclic amines) is 1. The Balaban J connectivity index is 1.38. The van der Waals surface area contributed by atoms with Crippen molar-refractivity contribution in [3.8, 4) is 0 Å². The number of hydrogen-bond donors (Lipinski definition) is 1. The van der Waals surface area contributed by atoms with Gasteiger partial charge in [-0.1, -0.05) is 23.7 Å². The van der Waals surface area contributed by atoms with Gasteiger partial charge in [0.2, 0.25) is 11.8 Å². The minimum Gasteiger partial charge on any atom is -0.353 e. The van der Waals surface area contributed by atoms with Crippen LogP contribution in [-0.2, 0) is 15.0 Å². The molecule has 5 heteroatoms. The van der Waals surface area contributed by atoms with E-state index in [9.17, 15) is 9.59 Å². The smallest absolute Gasteiger partial charge is 0.242 e. The van der Waals surface area contributed by atoms with Gasteiger partial charge in [-0.2, -0.15) is 0 Å². The average molecular weight is 347 g/mol. The van der Waals surface area contributed by atoms with E-state index in [1.165, 1.54) is 5.56 Å². The van der Waals surface area contributed by atoms with Gasteiger partial charge in [-0.05, 0) is 56.2 Å². The lowest BCUT2D eigenvalue weighted by atomic mass is 9.96.